The molecule has 3 rings (SSSR count). The average Bonchev–Trinajstić information content (AvgIpc) is 2.66. The molecular formula is C22H32O5. The molecule has 27 heavy (non-hydrogen) atoms. The summed E-state index contributed by atoms with van der Waals surface area (Å²) in [4.78, 5) is 10.8. The Morgan fingerprint density at radius 2 is 2.07 bits per heavy atom. The lowest BCUT2D eigenvalue weighted by Gasteiger charge is -2.57. The second kappa shape index (κ2) is 8.77. The molecule has 3 aliphatic rings. The number of ether oxygens (including phenoxy) is 1. The van der Waals surface area contributed by atoms with Gasteiger partial charge in [-0.15, -0.1) is 0 Å². The Morgan fingerprint density at radius 1 is 1.33 bits per heavy atom. The van der Waals surface area contributed by atoms with Crippen molar-refractivity contribution in [1.82, 2.24) is 0 Å². The Morgan fingerprint density at radius 3 is 2.74 bits per heavy atom. The number of rotatable bonds is 5. The summed E-state index contributed by atoms with van der Waals surface area (Å²) in [6.07, 6.45) is 9.27. The van der Waals surface area contributed by atoms with E-state index in [1.165, 1.54) is 6.42 Å². The van der Waals surface area contributed by atoms with E-state index < -0.39 is 23.8 Å². The number of methoxy groups -OCH3 is 1. The van der Waals surface area contributed by atoms with Crippen LogP contribution in [0.5, 0.6) is 0 Å². The van der Waals surface area contributed by atoms with Gasteiger partial charge in [0, 0.05) is 19.4 Å². The van der Waals surface area contributed by atoms with Crippen molar-refractivity contribution in [3.05, 3.63) is 11.6 Å². The maximum atomic E-state index is 10.8. The van der Waals surface area contributed by atoms with E-state index in [0.29, 0.717) is 12.8 Å². The van der Waals surface area contributed by atoms with Crippen molar-refractivity contribution in [2.75, 3.05) is 7.11 Å². The number of carboxylic acids is 1. The SMILES string of the molecule is CO[C@@]12CC[C@H](O)[C@@H](C#CC(O)C3CCCCC3)[C@@H]1C/C2=C/CCC(=O)O. The highest BCUT2D eigenvalue weighted by molar-refractivity contribution is 5.66. The molecule has 1 unspecified atom stereocenters. The molecule has 0 heterocycles. The van der Waals surface area contributed by atoms with Crippen molar-refractivity contribution in [2.24, 2.45) is 17.8 Å². The molecule has 150 valence electrons. The van der Waals surface area contributed by atoms with Crippen LogP contribution < -0.4 is 0 Å². The fourth-order valence-corrected chi connectivity index (χ4v) is 5.21. The van der Waals surface area contributed by atoms with Gasteiger partial charge in [-0.05, 0) is 50.0 Å². The van der Waals surface area contributed by atoms with Crippen LogP contribution in [0.3, 0.4) is 0 Å². The zero-order valence-corrected chi connectivity index (χ0v) is 16.2. The van der Waals surface area contributed by atoms with Gasteiger partial charge < -0.3 is 20.1 Å². The predicted molar refractivity (Wildman–Crippen MR) is 102 cm³/mol. The molecule has 3 saturated carbocycles. The van der Waals surface area contributed by atoms with Crippen LogP contribution >= 0.6 is 0 Å². The highest BCUT2D eigenvalue weighted by Gasteiger charge is 2.58. The Kier molecular flexibility index (Phi) is 6.62. The van der Waals surface area contributed by atoms with Crippen molar-refractivity contribution in [2.45, 2.75) is 82.0 Å². The third kappa shape index (κ3) is 4.23. The summed E-state index contributed by atoms with van der Waals surface area (Å²) >= 11 is 0. The third-order valence-corrected chi connectivity index (χ3v) is 6.85. The van der Waals surface area contributed by atoms with E-state index >= 15 is 0 Å². The number of carbonyl (C=O) groups is 1. The smallest absolute Gasteiger partial charge is 0.303 e. The first kappa shape index (κ1) is 20.4. The molecule has 0 aliphatic heterocycles. The van der Waals surface area contributed by atoms with E-state index in [2.05, 4.69) is 11.8 Å². The van der Waals surface area contributed by atoms with E-state index in [0.717, 1.165) is 44.1 Å². The molecule has 0 aromatic carbocycles. The summed E-state index contributed by atoms with van der Waals surface area (Å²) in [6.45, 7) is 0. The summed E-state index contributed by atoms with van der Waals surface area (Å²) in [5, 5.41) is 29.8. The normalized spacial score (nSPS) is 36.3. The van der Waals surface area contributed by atoms with Gasteiger partial charge in [0.15, 0.2) is 0 Å². The number of aliphatic carboxylic acids is 1. The first-order valence-electron chi connectivity index (χ1n) is 10.3. The van der Waals surface area contributed by atoms with Crippen molar-refractivity contribution >= 4 is 5.97 Å². The summed E-state index contributed by atoms with van der Waals surface area (Å²) in [7, 11) is 1.69. The standard InChI is InChI=1S/C22H32O5/c1-27-22-13-12-20(24)17(10-11-19(23)15-6-3-2-4-7-15)18(22)14-16(22)8-5-9-21(25)26/h8,15,17-20,23-24H,2-7,9,12-14H2,1H3,(H,25,26)/b16-8-/t17-,18-,19?,20-,22+/m0/s1. The molecule has 0 aromatic rings. The maximum Gasteiger partial charge on any atom is 0.303 e. The number of carboxylic acid groups (broad SMARTS) is 1. The number of aliphatic hydroxyl groups is 2. The van der Waals surface area contributed by atoms with Gasteiger partial charge in [0.2, 0.25) is 0 Å². The number of hydrogen-bond donors (Lipinski definition) is 3. The Bertz CT molecular complexity index is 624. The molecule has 5 atom stereocenters. The molecule has 0 bridgehead atoms. The molecule has 0 spiro atoms. The monoisotopic (exact) mass is 376 g/mol. The average molecular weight is 376 g/mol. The highest BCUT2D eigenvalue weighted by Crippen LogP contribution is 2.56. The lowest BCUT2D eigenvalue weighted by molar-refractivity contribution is -0.139. The van der Waals surface area contributed by atoms with Gasteiger partial charge >= 0.3 is 5.97 Å². The van der Waals surface area contributed by atoms with E-state index in [1.807, 2.05) is 6.08 Å². The first-order chi connectivity index (χ1) is 13.0. The second-order valence-electron chi connectivity index (χ2n) is 8.33. The zero-order chi connectivity index (χ0) is 19.4. The van der Waals surface area contributed by atoms with Crippen molar-refractivity contribution in [3.8, 4) is 11.8 Å². The van der Waals surface area contributed by atoms with Crippen LogP contribution in [0.2, 0.25) is 0 Å². The van der Waals surface area contributed by atoms with E-state index in [9.17, 15) is 15.0 Å². The van der Waals surface area contributed by atoms with Gasteiger partial charge in [0.05, 0.1) is 17.6 Å². The third-order valence-electron chi connectivity index (χ3n) is 6.85. The summed E-state index contributed by atoms with van der Waals surface area (Å²) in [5.74, 6) is 5.61. The quantitative estimate of drug-likeness (QED) is 0.507. The lowest BCUT2D eigenvalue weighted by atomic mass is 9.53. The highest BCUT2D eigenvalue weighted by atomic mass is 16.5. The van der Waals surface area contributed by atoms with Gasteiger partial charge in [0.25, 0.3) is 0 Å². The minimum atomic E-state index is -0.797. The Labute approximate surface area is 161 Å². The summed E-state index contributed by atoms with van der Waals surface area (Å²) in [6, 6.07) is 0. The number of allylic oxidation sites excluding steroid dienone is 1. The topological polar surface area (TPSA) is 87.0 Å². The van der Waals surface area contributed by atoms with Crippen LogP contribution in [-0.2, 0) is 9.53 Å². The van der Waals surface area contributed by atoms with Crippen molar-refractivity contribution in [3.63, 3.8) is 0 Å². The van der Waals surface area contributed by atoms with Crippen LogP contribution in [0, 0.1) is 29.6 Å². The molecular weight excluding hydrogens is 344 g/mol. The molecule has 0 aromatic heterocycles. The van der Waals surface area contributed by atoms with Gasteiger partial charge in [-0.2, -0.15) is 0 Å². The fourth-order valence-electron chi connectivity index (χ4n) is 5.21. The zero-order valence-electron chi connectivity index (χ0n) is 16.2. The van der Waals surface area contributed by atoms with Gasteiger partial charge in [-0.25, -0.2) is 0 Å². The lowest BCUT2D eigenvalue weighted by Crippen LogP contribution is -2.59. The van der Waals surface area contributed by atoms with Gasteiger partial charge in [0.1, 0.15) is 6.10 Å². The molecule has 0 radical (unpaired) electrons. The summed E-state index contributed by atoms with van der Waals surface area (Å²) < 4.78 is 5.89. The minimum absolute atomic E-state index is 0.105. The molecule has 3 fully saturated rings. The molecule has 3 aliphatic carbocycles. The van der Waals surface area contributed by atoms with Crippen LogP contribution in [0.1, 0.15) is 64.2 Å². The van der Waals surface area contributed by atoms with Crippen LogP contribution in [0.4, 0.5) is 0 Å². The van der Waals surface area contributed by atoms with Crippen LogP contribution in [0.15, 0.2) is 11.6 Å². The van der Waals surface area contributed by atoms with Crippen LogP contribution in [-0.4, -0.2) is 46.2 Å². The number of fused-ring (bicyclic) bond motifs is 1. The minimum Gasteiger partial charge on any atom is -0.481 e. The predicted octanol–water partition coefficient (Wildman–Crippen LogP) is 2.90. The van der Waals surface area contributed by atoms with E-state index in [4.69, 9.17) is 9.84 Å². The molecule has 0 amide bonds. The van der Waals surface area contributed by atoms with Crippen molar-refractivity contribution < 1.29 is 24.9 Å². The maximum absolute atomic E-state index is 10.8. The molecule has 3 N–H and O–H groups in total. The van der Waals surface area contributed by atoms with Gasteiger partial charge in [-0.1, -0.05) is 37.2 Å². The van der Waals surface area contributed by atoms with E-state index in [-0.39, 0.29) is 24.2 Å². The van der Waals surface area contributed by atoms with Crippen molar-refractivity contribution in [1.29, 1.82) is 0 Å². The van der Waals surface area contributed by atoms with Gasteiger partial charge in [-0.3, -0.25) is 4.79 Å². The fraction of sp³-hybridized carbons (Fsp3) is 0.773. The first-order valence-corrected chi connectivity index (χ1v) is 10.3. The molecule has 5 nitrogen and oxygen atoms in total. The largest absolute Gasteiger partial charge is 0.481 e. The number of aliphatic hydroxyl groups excluding tert-OH is 2. The molecule has 0 saturated heterocycles. The Balaban J connectivity index is 1.70. The summed E-state index contributed by atoms with van der Waals surface area (Å²) in [5.41, 5.74) is 0.718. The number of hydrogen-bond acceptors (Lipinski definition) is 4. The Hall–Kier alpha value is -1.35. The second-order valence-corrected chi connectivity index (χ2v) is 8.33. The van der Waals surface area contributed by atoms with E-state index in [1.54, 1.807) is 7.11 Å². The molecule has 5 heteroatoms. The van der Waals surface area contributed by atoms with Crippen LogP contribution in [0.25, 0.3) is 0 Å².